The van der Waals surface area contributed by atoms with Gasteiger partial charge in [-0.2, -0.15) is 5.10 Å². The van der Waals surface area contributed by atoms with Crippen LogP contribution in [0.1, 0.15) is 45.7 Å². The van der Waals surface area contributed by atoms with Crippen molar-refractivity contribution in [3.8, 4) is 0 Å². The maximum Gasteiger partial charge on any atom is 0.163 e. The number of halogens is 2. The fourth-order valence-electron chi connectivity index (χ4n) is 4.27. The first kappa shape index (κ1) is 20.7. The molecule has 4 rings (SSSR count). The maximum absolute atomic E-state index is 14.4. The maximum atomic E-state index is 14.4. The minimum atomic E-state index is -0.542. The molecule has 3 heterocycles. The van der Waals surface area contributed by atoms with Crippen molar-refractivity contribution in [2.45, 2.75) is 45.7 Å². The van der Waals surface area contributed by atoms with E-state index in [2.05, 4.69) is 45.6 Å². The predicted molar refractivity (Wildman–Crippen MR) is 113 cm³/mol. The molecule has 0 spiro atoms. The lowest BCUT2D eigenvalue weighted by Crippen LogP contribution is -2.48. The molecule has 1 fully saturated rings. The van der Waals surface area contributed by atoms with Crippen LogP contribution in [0.3, 0.4) is 0 Å². The first-order chi connectivity index (χ1) is 14.3. The van der Waals surface area contributed by atoms with Gasteiger partial charge in [-0.15, -0.1) is 0 Å². The van der Waals surface area contributed by atoms with Crippen LogP contribution in [0, 0.1) is 11.6 Å². The van der Waals surface area contributed by atoms with E-state index in [0.29, 0.717) is 5.56 Å². The van der Waals surface area contributed by atoms with Crippen molar-refractivity contribution < 1.29 is 8.78 Å². The molecule has 30 heavy (non-hydrogen) atoms. The van der Waals surface area contributed by atoms with E-state index in [1.165, 1.54) is 6.07 Å². The number of hydrogen-bond donors (Lipinski definition) is 0. The van der Waals surface area contributed by atoms with Crippen LogP contribution < -0.4 is 4.90 Å². The summed E-state index contributed by atoms with van der Waals surface area (Å²) in [5.41, 5.74) is 1.22. The number of fused-ring (bicyclic) bond motifs is 1. The van der Waals surface area contributed by atoms with Crippen LogP contribution in [0.2, 0.25) is 0 Å². The average molecular weight is 415 g/mol. The molecule has 0 radical (unpaired) electrons. The van der Waals surface area contributed by atoms with Gasteiger partial charge in [0, 0.05) is 43.9 Å². The van der Waals surface area contributed by atoms with Gasteiger partial charge in [0.25, 0.3) is 0 Å². The number of rotatable bonds is 4. The number of nitrogens with zero attached hydrogens (tertiary/aromatic N) is 6. The van der Waals surface area contributed by atoms with E-state index in [1.54, 1.807) is 12.4 Å². The van der Waals surface area contributed by atoms with E-state index in [1.807, 2.05) is 17.8 Å². The van der Waals surface area contributed by atoms with Crippen molar-refractivity contribution in [3.63, 3.8) is 0 Å². The monoisotopic (exact) mass is 414 g/mol. The quantitative estimate of drug-likeness (QED) is 0.642. The molecule has 1 aromatic carbocycles. The van der Waals surface area contributed by atoms with Crippen LogP contribution in [0.5, 0.6) is 0 Å². The third-order valence-electron chi connectivity index (χ3n) is 5.74. The van der Waals surface area contributed by atoms with Crippen molar-refractivity contribution >= 4 is 16.9 Å². The van der Waals surface area contributed by atoms with Crippen molar-refractivity contribution in [2.75, 3.05) is 31.1 Å². The first-order valence-corrected chi connectivity index (χ1v) is 10.4. The standard InChI is InChI=1S/C22H28F2N6/c1-5-19(16-7-6-15(23)12-18(16)24)28-8-10-29(11-9-28)20-17-13-27-30(22(2,3)4)21(17)26-14-25-20/h6-7,12-14,19H,5,8-11H2,1-4H3. The fourth-order valence-corrected chi connectivity index (χ4v) is 4.27. The molecule has 3 aromatic rings. The van der Waals surface area contributed by atoms with Gasteiger partial charge >= 0.3 is 0 Å². The minimum Gasteiger partial charge on any atom is -0.353 e. The summed E-state index contributed by atoms with van der Waals surface area (Å²) in [5, 5.41) is 5.48. The lowest BCUT2D eigenvalue weighted by Gasteiger charge is -2.39. The van der Waals surface area contributed by atoms with Gasteiger partial charge in [0.2, 0.25) is 0 Å². The van der Waals surface area contributed by atoms with Crippen LogP contribution in [0.15, 0.2) is 30.7 Å². The second-order valence-corrected chi connectivity index (χ2v) is 8.77. The zero-order valence-electron chi connectivity index (χ0n) is 17.9. The third kappa shape index (κ3) is 3.76. The van der Waals surface area contributed by atoms with Gasteiger partial charge in [-0.05, 0) is 33.3 Å². The summed E-state index contributed by atoms with van der Waals surface area (Å²) in [6, 6.07) is 3.81. The summed E-state index contributed by atoms with van der Waals surface area (Å²) in [7, 11) is 0. The van der Waals surface area contributed by atoms with E-state index in [9.17, 15) is 8.78 Å². The summed E-state index contributed by atoms with van der Waals surface area (Å²) in [4.78, 5) is 13.5. The van der Waals surface area contributed by atoms with Gasteiger partial charge in [0.1, 0.15) is 23.8 Å². The summed E-state index contributed by atoms with van der Waals surface area (Å²) < 4.78 is 29.6. The highest BCUT2D eigenvalue weighted by Gasteiger charge is 2.28. The summed E-state index contributed by atoms with van der Waals surface area (Å²) in [6.45, 7) is 11.4. The Bertz CT molecular complexity index is 1030. The molecule has 160 valence electrons. The SMILES string of the molecule is CCC(c1ccc(F)cc1F)N1CCN(c2ncnc3c2cnn3C(C)(C)C)CC1. The summed E-state index contributed by atoms with van der Waals surface area (Å²) in [5.74, 6) is -0.132. The minimum absolute atomic E-state index is 0.0678. The zero-order chi connectivity index (χ0) is 21.5. The number of aromatic nitrogens is 4. The van der Waals surface area contributed by atoms with Crippen molar-refractivity contribution in [1.82, 2.24) is 24.6 Å². The highest BCUT2D eigenvalue weighted by molar-refractivity contribution is 5.86. The third-order valence-corrected chi connectivity index (χ3v) is 5.74. The Balaban J connectivity index is 1.54. The van der Waals surface area contributed by atoms with Crippen LogP contribution in [0.4, 0.5) is 14.6 Å². The van der Waals surface area contributed by atoms with Gasteiger partial charge in [0.15, 0.2) is 5.65 Å². The Morgan fingerprint density at radius 3 is 2.43 bits per heavy atom. The Morgan fingerprint density at radius 2 is 1.80 bits per heavy atom. The van der Waals surface area contributed by atoms with Crippen molar-refractivity contribution in [2.24, 2.45) is 0 Å². The molecule has 6 nitrogen and oxygen atoms in total. The second-order valence-electron chi connectivity index (χ2n) is 8.77. The molecule has 0 bridgehead atoms. The van der Waals surface area contributed by atoms with Crippen LogP contribution in [-0.4, -0.2) is 50.8 Å². The van der Waals surface area contributed by atoms with E-state index < -0.39 is 11.6 Å². The lowest BCUT2D eigenvalue weighted by molar-refractivity contribution is 0.177. The Labute approximate surface area is 175 Å². The number of piperazine rings is 1. The molecule has 0 aliphatic carbocycles. The van der Waals surface area contributed by atoms with E-state index in [0.717, 1.165) is 55.5 Å². The van der Waals surface area contributed by atoms with Crippen LogP contribution >= 0.6 is 0 Å². The highest BCUT2D eigenvalue weighted by Crippen LogP contribution is 2.31. The van der Waals surface area contributed by atoms with Gasteiger partial charge < -0.3 is 4.90 Å². The molecule has 1 aliphatic heterocycles. The number of hydrogen-bond acceptors (Lipinski definition) is 5. The second kappa shape index (κ2) is 7.91. The molecular weight excluding hydrogens is 386 g/mol. The van der Waals surface area contributed by atoms with E-state index in [4.69, 9.17) is 0 Å². The molecule has 8 heteroatoms. The molecule has 1 saturated heterocycles. The predicted octanol–water partition coefficient (Wildman–Crippen LogP) is 4.13. The molecule has 0 N–H and O–H groups in total. The molecular formula is C22H28F2N6. The molecule has 1 unspecified atom stereocenters. The van der Waals surface area contributed by atoms with Crippen LogP contribution in [0.25, 0.3) is 11.0 Å². The van der Waals surface area contributed by atoms with Crippen molar-refractivity contribution in [1.29, 1.82) is 0 Å². The molecule has 0 amide bonds. The molecule has 0 saturated carbocycles. The topological polar surface area (TPSA) is 50.1 Å². The normalized spacial score (nSPS) is 16.9. The largest absolute Gasteiger partial charge is 0.353 e. The number of benzene rings is 1. The Kier molecular flexibility index (Phi) is 5.44. The van der Waals surface area contributed by atoms with Gasteiger partial charge in [-0.1, -0.05) is 13.0 Å². The Hall–Kier alpha value is -2.61. The molecule has 2 aromatic heterocycles. The van der Waals surface area contributed by atoms with Gasteiger partial charge in [-0.25, -0.2) is 23.4 Å². The highest BCUT2D eigenvalue weighted by atomic mass is 19.1. The lowest BCUT2D eigenvalue weighted by atomic mass is 10.0. The molecule has 1 atom stereocenters. The van der Waals surface area contributed by atoms with E-state index >= 15 is 0 Å². The van der Waals surface area contributed by atoms with Crippen LogP contribution in [-0.2, 0) is 5.54 Å². The Morgan fingerprint density at radius 1 is 1.07 bits per heavy atom. The zero-order valence-corrected chi connectivity index (χ0v) is 17.9. The van der Waals surface area contributed by atoms with Gasteiger partial charge in [0.05, 0.1) is 17.1 Å². The van der Waals surface area contributed by atoms with Crippen molar-refractivity contribution in [3.05, 3.63) is 47.9 Å². The number of anilines is 1. The first-order valence-electron chi connectivity index (χ1n) is 10.4. The van der Waals surface area contributed by atoms with Gasteiger partial charge in [-0.3, -0.25) is 4.90 Å². The fraction of sp³-hybridized carbons (Fsp3) is 0.500. The van der Waals surface area contributed by atoms with E-state index in [-0.39, 0.29) is 11.6 Å². The molecule has 1 aliphatic rings. The summed E-state index contributed by atoms with van der Waals surface area (Å²) >= 11 is 0. The average Bonchev–Trinajstić information content (AvgIpc) is 3.15. The smallest absolute Gasteiger partial charge is 0.163 e. The summed E-state index contributed by atoms with van der Waals surface area (Å²) in [6.07, 6.45) is 4.19.